The molecule has 0 aliphatic carbocycles. The number of nitrogens with one attached hydrogen (secondary N) is 2. The van der Waals surface area contributed by atoms with Crippen molar-refractivity contribution in [2.75, 3.05) is 0 Å². The molecule has 2 atom stereocenters. The summed E-state index contributed by atoms with van der Waals surface area (Å²) >= 11 is 0. The van der Waals surface area contributed by atoms with Crippen molar-refractivity contribution in [3.8, 4) is 5.75 Å². The Hall–Kier alpha value is -3.30. The summed E-state index contributed by atoms with van der Waals surface area (Å²) in [7, 11) is 0. The molecule has 1 rings (SSSR count). The number of alkyl carbamates (subject to hydrolysis) is 1. The van der Waals surface area contributed by atoms with E-state index in [1.54, 1.807) is 67.5 Å². The van der Waals surface area contributed by atoms with Crippen molar-refractivity contribution in [3.63, 3.8) is 0 Å². The lowest BCUT2D eigenvalue weighted by Crippen LogP contribution is -2.59. The number of rotatable bonds is 9. The summed E-state index contributed by atoms with van der Waals surface area (Å²) in [6.07, 6.45) is -1.07. The Labute approximate surface area is 207 Å². The zero-order chi connectivity index (χ0) is 27.1. The first kappa shape index (κ1) is 29.7. The van der Waals surface area contributed by atoms with Crippen LogP contribution in [0, 0.1) is 0 Å². The Morgan fingerprint density at radius 1 is 1.00 bits per heavy atom. The summed E-state index contributed by atoms with van der Waals surface area (Å²) < 4.78 is 5.30. The highest BCUT2D eigenvalue weighted by molar-refractivity contribution is 5.93. The maximum atomic E-state index is 13.9. The third-order valence-corrected chi connectivity index (χ3v) is 4.77. The fourth-order valence-corrected chi connectivity index (χ4v) is 3.44. The van der Waals surface area contributed by atoms with Crippen LogP contribution >= 0.6 is 0 Å². The number of hydrogen-bond acceptors (Lipinski definition) is 6. The molecular weight excluding hydrogens is 452 g/mol. The van der Waals surface area contributed by atoms with Crippen molar-refractivity contribution >= 4 is 23.8 Å². The van der Waals surface area contributed by atoms with Gasteiger partial charge in [0.25, 0.3) is 0 Å². The van der Waals surface area contributed by atoms with Gasteiger partial charge in [0.15, 0.2) is 0 Å². The first-order valence-electron chi connectivity index (χ1n) is 11.6. The van der Waals surface area contributed by atoms with E-state index in [1.807, 2.05) is 0 Å². The molecule has 0 aliphatic rings. The molecule has 1 aromatic rings. The number of phenolic OH excluding ortho intramolecular Hbond substituents is 1. The van der Waals surface area contributed by atoms with Crippen molar-refractivity contribution < 1.29 is 29.0 Å². The van der Waals surface area contributed by atoms with Gasteiger partial charge in [-0.25, -0.2) is 4.79 Å². The zero-order valence-corrected chi connectivity index (χ0v) is 22.0. The predicted molar refractivity (Wildman–Crippen MR) is 132 cm³/mol. The average Bonchev–Trinajstić information content (AvgIpc) is 2.66. The molecule has 0 saturated heterocycles. The van der Waals surface area contributed by atoms with E-state index in [-0.39, 0.29) is 24.6 Å². The first-order valence-corrected chi connectivity index (χ1v) is 11.6. The lowest BCUT2D eigenvalue weighted by atomic mass is 9.94. The molecule has 0 radical (unpaired) electrons. The van der Waals surface area contributed by atoms with Crippen molar-refractivity contribution in [3.05, 3.63) is 29.8 Å². The van der Waals surface area contributed by atoms with E-state index in [4.69, 9.17) is 10.5 Å². The van der Waals surface area contributed by atoms with Gasteiger partial charge in [-0.3, -0.25) is 14.4 Å². The van der Waals surface area contributed by atoms with E-state index in [1.165, 1.54) is 17.0 Å². The number of hydrogen-bond donors (Lipinski definition) is 4. The standard InChI is InChI=1S/C25H40N4O6/c1-15(2)27-21(32)20(16-9-11-17(30)12-10-16)29(24(3,4)5)22(33)18(13-14-19(26)31)28-23(34)35-25(6,7)8/h9-12,15,18,20,30H,13-14H2,1-8H3,(H2,26,31)(H,27,32)(H,28,34). The molecule has 0 spiro atoms. The van der Waals surface area contributed by atoms with Crippen LogP contribution in [0.1, 0.15) is 79.8 Å². The number of amides is 4. The van der Waals surface area contributed by atoms with Gasteiger partial charge in [-0.1, -0.05) is 12.1 Å². The second-order valence-corrected chi connectivity index (χ2v) is 10.7. The number of carbonyl (C=O) groups is 4. The van der Waals surface area contributed by atoms with E-state index in [9.17, 15) is 24.3 Å². The monoisotopic (exact) mass is 492 g/mol. The van der Waals surface area contributed by atoms with Crippen LogP contribution < -0.4 is 16.4 Å². The highest BCUT2D eigenvalue weighted by atomic mass is 16.6. The van der Waals surface area contributed by atoms with Crippen LogP contribution in [0.15, 0.2) is 24.3 Å². The molecule has 35 heavy (non-hydrogen) atoms. The Bertz CT molecular complexity index is 900. The smallest absolute Gasteiger partial charge is 0.408 e. The van der Waals surface area contributed by atoms with Crippen molar-refractivity contribution in [2.24, 2.45) is 5.73 Å². The third-order valence-electron chi connectivity index (χ3n) is 4.77. The van der Waals surface area contributed by atoms with E-state index in [0.717, 1.165) is 0 Å². The molecule has 10 heteroatoms. The van der Waals surface area contributed by atoms with Crippen molar-refractivity contribution in [1.29, 1.82) is 0 Å². The largest absolute Gasteiger partial charge is 0.508 e. The van der Waals surface area contributed by atoms with Gasteiger partial charge in [0.05, 0.1) is 0 Å². The lowest BCUT2D eigenvalue weighted by molar-refractivity contribution is -0.148. The van der Waals surface area contributed by atoms with Gasteiger partial charge in [-0.2, -0.15) is 0 Å². The first-order chi connectivity index (χ1) is 15.9. The molecule has 0 saturated carbocycles. The van der Waals surface area contributed by atoms with Crippen LogP contribution in [0.3, 0.4) is 0 Å². The van der Waals surface area contributed by atoms with Crippen LogP contribution in [0.5, 0.6) is 5.75 Å². The minimum Gasteiger partial charge on any atom is -0.508 e. The highest BCUT2D eigenvalue weighted by Crippen LogP contribution is 2.31. The average molecular weight is 493 g/mol. The van der Waals surface area contributed by atoms with Gasteiger partial charge in [0.2, 0.25) is 17.7 Å². The van der Waals surface area contributed by atoms with Gasteiger partial charge in [-0.05, 0) is 79.5 Å². The van der Waals surface area contributed by atoms with Gasteiger partial charge < -0.3 is 31.1 Å². The molecule has 0 heterocycles. The number of primary amides is 1. The van der Waals surface area contributed by atoms with Gasteiger partial charge in [0.1, 0.15) is 23.4 Å². The van der Waals surface area contributed by atoms with Crippen LogP contribution in [-0.4, -0.2) is 57.0 Å². The molecule has 0 aliphatic heterocycles. The number of phenols is 1. The maximum Gasteiger partial charge on any atom is 0.408 e. The summed E-state index contributed by atoms with van der Waals surface area (Å²) in [5, 5.41) is 15.1. The summed E-state index contributed by atoms with van der Waals surface area (Å²) in [6, 6.07) is 3.52. The Morgan fingerprint density at radius 3 is 1.97 bits per heavy atom. The third kappa shape index (κ3) is 9.84. The highest BCUT2D eigenvalue weighted by Gasteiger charge is 2.42. The summed E-state index contributed by atoms with van der Waals surface area (Å²) in [5.41, 5.74) is 4.09. The normalized spacial score (nSPS) is 13.5. The second kappa shape index (κ2) is 11.9. The topological polar surface area (TPSA) is 151 Å². The number of carbonyl (C=O) groups excluding carboxylic acids is 4. The molecule has 1 aromatic carbocycles. The summed E-state index contributed by atoms with van der Waals surface area (Å²) in [6.45, 7) is 13.9. The van der Waals surface area contributed by atoms with Crippen LogP contribution in [0.4, 0.5) is 4.79 Å². The number of nitrogens with two attached hydrogens (primary N) is 1. The SMILES string of the molecule is CC(C)NC(=O)C(c1ccc(O)cc1)N(C(=O)C(CCC(N)=O)NC(=O)OC(C)(C)C)C(C)(C)C. The molecule has 196 valence electrons. The molecule has 0 fully saturated rings. The number of ether oxygens (including phenoxy) is 1. The number of benzene rings is 1. The van der Waals surface area contributed by atoms with Gasteiger partial charge >= 0.3 is 6.09 Å². The van der Waals surface area contributed by atoms with E-state index in [2.05, 4.69) is 10.6 Å². The van der Waals surface area contributed by atoms with Crippen LogP contribution in [-0.2, 0) is 19.1 Å². The lowest BCUT2D eigenvalue weighted by Gasteiger charge is -2.43. The summed E-state index contributed by atoms with van der Waals surface area (Å²) in [4.78, 5) is 52.7. The minimum atomic E-state index is -1.18. The zero-order valence-electron chi connectivity index (χ0n) is 22.0. The molecular formula is C25H40N4O6. The van der Waals surface area contributed by atoms with E-state index >= 15 is 0 Å². The number of aromatic hydroxyl groups is 1. The quantitative estimate of drug-likeness (QED) is 0.416. The summed E-state index contributed by atoms with van der Waals surface area (Å²) in [5.74, 6) is -1.64. The molecule has 4 amide bonds. The second-order valence-electron chi connectivity index (χ2n) is 10.7. The molecule has 10 nitrogen and oxygen atoms in total. The van der Waals surface area contributed by atoms with Crippen molar-refractivity contribution in [2.45, 2.75) is 97.5 Å². The Balaban J connectivity index is 3.54. The van der Waals surface area contributed by atoms with Crippen LogP contribution in [0.25, 0.3) is 0 Å². The van der Waals surface area contributed by atoms with Gasteiger partial charge in [-0.15, -0.1) is 0 Å². The fraction of sp³-hybridized carbons (Fsp3) is 0.600. The molecule has 0 bridgehead atoms. The van der Waals surface area contributed by atoms with Crippen molar-refractivity contribution in [1.82, 2.24) is 15.5 Å². The van der Waals surface area contributed by atoms with Crippen LogP contribution in [0.2, 0.25) is 0 Å². The predicted octanol–water partition coefficient (Wildman–Crippen LogP) is 2.74. The Kier molecular flexibility index (Phi) is 10.1. The molecule has 0 aromatic heterocycles. The van der Waals surface area contributed by atoms with E-state index < -0.39 is 47.0 Å². The fourth-order valence-electron chi connectivity index (χ4n) is 3.44. The number of nitrogens with zero attached hydrogens (tertiary/aromatic N) is 1. The minimum absolute atomic E-state index is 0.0105. The molecule has 5 N–H and O–H groups in total. The van der Waals surface area contributed by atoms with Gasteiger partial charge in [0, 0.05) is 18.0 Å². The molecule has 2 unspecified atom stereocenters. The Morgan fingerprint density at radius 2 is 1.54 bits per heavy atom. The maximum absolute atomic E-state index is 13.9. The van der Waals surface area contributed by atoms with E-state index in [0.29, 0.717) is 5.56 Å².